The Labute approximate surface area is 178 Å². The lowest BCUT2D eigenvalue weighted by molar-refractivity contribution is -0.116. The van der Waals surface area contributed by atoms with Gasteiger partial charge in [0.2, 0.25) is 5.91 Å². The van der Waals surface area contributed by atoms with E-state index in [9.17, 15) is 4.79 Å². The summed E-state index contributed by atoms with van der Waals surface area (Å²) in [7, 11) is 0. The minimum Gasteiger partial charge on any atom is -0.357 e. The molecule has 0 saturated heterocycles. The van der Waals surface area contributed by atoms with Gasteiger partial charge in [-0.15, -0.1) is 24.0 Å². The number of carbonyl (C=O) groups excluding carboxylic acids is 1. The van der Waals surface area contributed by atoms with Crippen LogP contribution in [0.4, 0.5) is 5.82 Å². The number of aryl methyl sites for hydroxylation is 1. The Balaban J connectivity index is 0.00000364. The molecule has 1 heterocycles. The Kier molecular flexibility index (Phi) is 10.4. The number of hydrogen-bond donors (Lipinski definition) is 3. The molecule has 6 nitrogen and oxygen atoms in total. The first-order valence-electron chi connectivity index (χ1n) is 8.91. The van der Waals surface area contributed by atoms with Crippen LogP contribution in [0.1, 0.15) is 37.6 Å². The lowest BCUT2D eigenvalue weighted by atomic mass is 10.1. The molecule has 1 amide bonds. The zero-order valence-electron chi connectivity index (χ0n) is 16.0. The van der Waals surface area contributed by atoms with E-state index in [1.165, 1.54) is 5.56 Å². The lowest BCUT2D eigenvalue weighted by Gasteiger charge is -2.18. The summed E-state index contributed by atoms with van der Waals surface area (Å²) >= 11 is 0. The Morgan fingerprint density at radius 3 is 2.56 bits per heavy atom. The van der Waals surface area contributed by atoms with E-state index in [2.05, 4.69) is 45.0 Å². The first kappa shape index (κ1) is 22.9. The molecule has 0 bridgehead atoms. The number of rotatable bonds is 7. The fourth-order valence-electron chi connectivity index (χ4n) is 2.44. The van der Waals surface area contributed by atoms with Gasteiger partial charge in [0.1, 0.15) is 5.82 Å². The molecule has 1 aromatic heterocycles. The Hall–Kier alpha value is -2.16. The van der Waals surface area contributed by atoms with Gasteiger partial charge in [0, 0.05) is 18.7 Å². The number of hydrogen-bond acceptors (Lipinski definition) is 3. The average molecular weight is 481 g/mol. The molecule has 1 aromatic carbocycles. The smallest absolute Gasteiger partial charge is 0.227 e. The van der Waals surface area contributed by atoms with Crippen molar-refractivity contribution in [2.45, 2.75) is 33.2 Å². The summed E-state index contributed by atoms with van der Waals surface area (Å²) in [6.07, 6.45) is 0.298. The van der Waals surface area contributed by atoms with Crippen molar-refractivity contribution in [2.24, 2.45) is 4.99 Å². The second-order valence-electron chi connectivity index (χ2n) is 6.00. The van der Waals surface area contributed by atoms with Gasteiger partial charge < -0.3 is 16.0 Å². The first-order chi connectivity index (χ1) is 12.6. The van der Waals surface area contributed by atoms with Crippen LogP contribution in [0.25, 0.3) is 0 Å². The highest BCUT2D eigenvalue weighted by Crippen LogP contribution is 2.10. The van der Waals surface area contributed by atoms with Gasteiger partial charge in [0.25, 0.3) is 0 Å². The summed E-state index contributed by atoms with van der Waals surface area (Å²) in [6.45, 7) is 7.14. The van der Waals surface area contributed by atoms with Crippen molar-refractivity contribution in [3.8, 4) is 0 Å². The number of aliphatic imine (C=N–C) groups is 1. The highest BCUT2D eigenvalue weighted by Gasteiger charge is 2.08. The number of benzene rings is 1. The maximum atomic E-state index is 12.0. The largest absolute Gasteiger partial charge is 0.357 e. The molecule has 146 valence electrons. The van der Waals surface area contributed by atoms with E-state index in [-0.39, 0.29) is 35.9 Å². The minimum absolute atomic E-state index is 0. The second kappa shape index (κ2) is 12.3. The molecule has 1 atom stereocenters. The van der Waals surface area contributed by atoms with Crippen molar-refractivity contribution in [1.82, 2.24) is 15.6 Å². The van der Waals surface area contributed by atoms with Gasteiger partial charge >= 0.3 is 0 Å². The summed E-state index contributed by atoms with van der Waals surface area (Å²) in [6, 6.07) is 15.8. The molecule has 3 N–H and O–H groups in total. The fraction of sp³-hybridized carbons (Fsp3) is 0.350. The highest BCUT2D eigenvalue weighted by molar-refractivity contribution is 14.0. The fourth-order valence-corrected chi connectivity index (χ4v) is 2.44. The van der Waals surface area contributed by atoms with Gasteiger partial charge in [-0.05, 0) is 38.5 Å². The number of nitrogens with zero attached hydrogens (tertiary/aromatic N) is 2. The SMILES string of the molecule is CCNC(=NCCC(=O)Nc1cccc(C)n1)NC(C)c1ccccc1.I. The number of halogens is 1. The van der Waals surface area contributed by atoms with Crippen LogP contribution in [-0.4, -0.2) is 29.9 Å². The van der Waals surface area contributed by atoms with Crippen molar-refractivity contribution >= 4 is 41.7 Å². The number of pyridine rings is 1. The monoisotopic (exact) mass is 481 g/mol. The first-order valence-corrected chi connectivity index (χ1v) is 8.91. The van der Waals surface area contributed by atoms with Crippen LogP contribution >= 0.6 is 24.0 Å². The van der Waals surface area contributed by atoms with E-state index < -0.39 is 0 Å². The lowest BCUT2D eigenvalue weighted by Crippen LogP contribution is -2.38. The van der Waals surface area contributed by atoms with Gasteiger partial charge in [-0.3, -0.25) is 9.79 Å². The van der Waals surface area contributed by atoms with Gasteiger partial charge in [-0.25, -0.2) is 4.98 Å². The van der Waals surface area contributed by atoms with Crippen LogP contribution in [-0.2, 0) is 4.79 Å². The van der Waals surface area contributed by atoms with Gasteiger partial charge in [0.15, 0.2) is 5.96 Å². The Morgan fingerprint density at radius 2 is 1.89 bits per heavy atom. The van der Waals surface area contributed by atoms with Gasteiger partial charge in [0.05, 0.1) is 12.6 Å². The third-order valence-corrected chi connectivity index (χ3v) is 3.76. The Morgan fingerprint density at radius 1 is 1.15 bits per heavy atom. The molecule has 1 unspecified atom stereocenters. The number of amides is 1. The highest BCUT2D eigenvalue weighted by atomic mass is 127. The predicted molar refractivity (Wildman–Crippen MR) is 122 cm³/mol. The van der Waals surface area contributed by atoms with Crippen molar-refractivity contribution in [3.63, 3.8) is 0 Å². The van der Waals surface area contributed by atoms with Crippen LogP contribution in [0.2, 0.25) is 0 Å². The van der Waals surface area contributed by atoms with E-state index in [1.54, 1.807) is 6.07 Å². The molecule has 27 heavy (non-hydrogen) atoms. The molecule has 2 rings (SSSR count). The molecule has 0 aliphatic heterocycles. The summed E-state index contributed by atoms with van der Waals surface area (Å²) < 4.78 is 0. The number of carbonyl (C=O) groups is 1. The number of guanidine groups is 1. The van der Waals surface area contributed by atoms with Crippen LogP contribution in [0, 0.1) is 6.92 Å². The average Bonchev–Trinajstić information content (AvgIpc) is 2.62. The zero-order chi connectivity index (χ0) is 18.8. The number of anilines is 1. The van der Waals surface area contributed by atoms with Crippen molar-refractivity contribution in [1.29, 1.82) is 0 Å². The molecule has 0 aliphatic carbocycles. The molecule has 0 radical (unpaired) electrons. The normalized spacial score (nSPS) is 11.9. The molecule has 2 aromatic rings. The number of nitrogens with one attached hydrogen (secondary N) is 3. The van der Waals surface area contributed by atoms with Gasteiger partial charge in [-0.2, -0.15) is 0 Å². The van der Waals surface area contributed by atoms with E-state index in [1.807, 2.05) is 44.2 Å². The van der Waals surface area contributed by atoms with E-state index in [0.29, 0.717) is 24.7 Å². The van der Waals surface area contributed by atoms with Crippen LogP contribution in [0.15, 0.2) is 53.5 Å². The summed E-state index contributed by atoms with van der Waals surface area (Å²) in [5, 5.41) is 9.36. The minimum atomic E-state index is -0.0983. The zero-order valence-corrected chi connectivity index (χ0v) is 18.4. The maximum absolute atomic E-state index is 12.0. The molecule has 7 heteroatoms. The standard InChI is InChI=1S/C20H27N5O.HI/c1-4-21-20(24-16(3)17-10-6-5-7-11-17)22-14-13-19(26)25-18-12-8-9-15(2)23-18;/h5-12,16H,4,13-14H2,1-3H3,(H2,21,22,24)(H,23,25,26);1H. The van der Waals surface area contributed by atoms with E-state index in [0.717, 1.165) is 12.2 Å². The Bertz CT molecular complexity index is 736. The van der Waals surface area contributed by atoms with E-state index >= 15 is 0 Å². The summed E-state index contributed by atoms with van der Waals surface area (Å²) in [5.74, 6) is 1.17. The third kappa shape index (κ3) is 8.38. The van der Waals surface area contributed by atoms with Gasteiger partial charge in [-0.1, -0.05) is 36.4 Å². The molecular formula is C20H28IN5O. The summed E-state index contributed by atoms with van der Waals surface area (Å²) in [4.78, 5) is 20.8. The van der Waals surface area contributed by atoms with Crippen LogP contribution < -0.4 is 16.0 Å². The van der Waals surface area contributed by atoms with E-state index in [4.69, 9.17) is 0 Å². The molecule has 0 spiro atoms. The molecule has 0 saturated carbocycles. The van der Waals surface area contributed by atoms with Crippen molar-refractivity contribution in [2.75, 3.05) is 18.4 Å². The van der Waals surface area contributed by atoms with Crippen molar-refractivity contribution in [3.05, 3.63) is 59.8 Å². The van der Waals surface area contributed by atoms with Crippen molar-refractivity contribution < 1.29 is 4.79 Å². The third-order valence-electron chi connectivity index (χ3n) is 3.76. The molecule has 0 fully saturated rings. The van der Waals surface area contributed by atoms with Crippen LogP contribution in [0.5, 0.6) is 0 Å². The number of aromatic nitrogens is 1. The second-order valence-corrected chi connectivity index (χ2v) is 6.00. The predicted octanol–water partition coefficient (Wildman–Crippen LogP) is 3.65. The van der Waals surface area contributed by atoms with Crippen LogP contribution in [0.3, 0.4) is 0 Å². The maximum Gasteiger partial charge on any atom is 0.227 e. The molecule has 0 aliphatic rings. The summed E-state index contributed by atoms with van der Waals surface area (Å²) in [5.41, 5.74) is 2.05. The topological polar surface area (TPSA) is 78.4 Å². The quantitative estimate of drug-likeness (QED) is 0.321. The molecular weight excluding hydrogens is 453 g/mol.